The molecule has 1 heterocycles. The molecule has 1 aromatic heterocycles. The van der Waals surface area contributed by atoms with Gasteiger partial charge in [0, 0.05) is 17.1 Å². The number of fused-ring (bicyclic) bond motifs is 1. The maximum absolute atomic E-state index is 12.5. The van der Waals surface area contributed by atoms with Crippen LogP contribution in [-0.2, 0) is 6.54 Å². The van der Waals surface area contributed by atoms with Gasteiger partial charge in [0.15, 0.2) is 5.82 Å². The molecule has 0 bridgehead atoms. The Hall–Kier alpha value is -3.02. The van der Waals surface area contributed by atoms with Crippen molar-refractivity contribution >= 4 is 51.5 Å². The number of urea groups is 1. The Morgan fingerprint density at radius 3 is 2.59 bits per heavy atom. The molecule has 3 aromatic carbocycles. The number of carbonyl (C=O) groups excluding carboxylic acids is 1. The number of rotatable bonds is 4. The van der Waals surface area contributed by atoms with Crippen LogP contribution in [0.25, 0.3) is 10.8 Å². The molecule has 0 radical (unpaired) electrons. The smallest absolute Gasteiger partial charge is 0.307 e. The van der Waals surface area contributed by atoms with Crippen molar-refractivity contribution in [2.75, 3.05) is 10.6 Å². The van der Waals surface area contributed by atoms with Gasteiger partial charge in [-0.05, 0) is 36.1 Å². The Balaban J connectivity index is 1.47. The minimum Gasteiger partial charge on any atom is -0.307 e. The fraction of sp³-hybridized carbons (Fsp3) is 0.0909. The first-order chi connectivity index (χ1) is 14.0. The van der Waals surface area contributed by atoms with Gasteiger partial charge in [-0.15, -0.1) is 0 Å². The molecule has 29 heavy (non-hydrogen) atoms. The van der Waals surface area contributed by atoms with Gasteiger partial charge < -0.3 is 5.32 Å². The van der Waals surface area contributed by atoms with Gasteiger partial charge in [0.1, 0.15) is 0 Å². The molecule has 7 heteroatoms. The average Bonchev–Trinajstić information content (AvgIpc) is 3.03. The number of halogens is 2. The summed E-state index contributed by atoms with van der Waals surface area (Å²) in [5.74, 6) is 0.472. The Labute approximate surface area is 178 Å². The molecule has 0 unspecified atom stereocenters. The SMILES string of the molecule is Cc1cc(NC(=O)Nc2cccc3ccccc23)nn1Cc1ccc(Cl)c(Cl)c1. The summed E-state index contributed by atoms with van der Waals surface area (Å²) in [5, 5.41) is 13.2. The van der Waals surface area contributed by atoms with Crippen LogP contribution in [0.2, 0.25) is 10.0 Å². The predicted molar refractivity (Wildman–Crippen MR) is 119 cm³/mol. The molecule has 5 nitrogen and oxygen atoms in total. The highest BCUT2D eigenvalue weighted by atomic mass is 35.5. The third-order valence-corrected chi connectivity index (χ3v) is 5.32. The van der Waals surface area contributed by atoms with E-state index in [9.17, 15) is 4.79 Å². The van der Waals surface area contributed by atoms with Gasteiger partial charge in [-0.2, -0.15) is 5.10 Å². The Morgan fingerprint density at radius 1 is 0.966 bits per heavy atom. The summed E-state index contributed by atoms with van der Waals surface area (Å²) in [5.41, 5.74) is 2.63. The summed E-state index contributed by atoms with van der Waals surface area (Å²) in [7, 11) is 0. The molecule has 0 aliphatic carbocycles. The largest absolute Gasteiger partial charge is 0.324 e. The molecule has 0 saturated carbocycles. The van der Waals surface area contributed by atoms with Crippen LogP contribution < -0.4 is 10.6 Å². The molecular formula is C22H18Cl2N4O. The van der Waals surface area contributed by atoms with E-state index >= 15 is 0 Å². The molecule has 0 spiro atoms. The van der Waals surface area contributed by atoms with Crippen LogP contribution in [-0.4, -0.2) is 15.8 Å². The van der Waals surface area contributed by atoms with E-state index in [2.05, 4.69) is 15.7 Å². The first-order valence-corrected chi connectivity index (χ1v) is 9.79. The van der Waals surface area contributed by atoms with Crippen molar-refractivity contribution in [1.82, 2.24) is 9.78 Å². The van der Waals surface area contributed by atoms with E-state index in [-0.39, 0.29) is 6.03 Å². The second-order valence-electron chi connectivity index (χ2n) is 6.68. The monoisotopic (exact) mass is 424 g/mol. The van der Waals surface area contributed by atoms with E-state index in [1.165, 1.54) is 0 Å². The standard InChI is InChI=1S/C22H18Cl2N4O/c1-14-11-21(27-28(14)13-15-9-10-18(23)19(24)12-15)26-22(29)25-20-8-4-6-16-5-2-3-7-17(16)20/h2-12H,13H2,1H3,(H2,25,26,27,29). The number of aromatic nitrogens is 2. The molecule has 0 aliphatic heterocycles. The number of hydrogen-bond acceptors (Lipinski definition) is 2. The van der Waals surface area contributed by atoms with Gasteiger partial charge in [0.25, 0.3) is 0 Å². The fourth-order valence-corrected chi connectivity index (χ4v) is 3.47. The summed E-state index contributed by atoms with van der Waals surface area (Å²) >= 11 is 12.1. The molecule has 0 atom stereocenters. The van der Waals surface area contributed by atoms with Gasteiger partial charge in [-0.1, -0.05) is 65.7 Å². The van der Waals surface area contributed by atoms with Gasteiger partial charge in [-0.25, -0.2) is 4.79 Å². The highest BCUT2D eigenvalue weighted by Crippen LogP contribution is 2.24. The second-order valence-corrected chi connectivity index (χ2v) is 7.50. The highest BCUT2D eigenvalue weighted by Gasteiger charge is 2.10. The first-order valence-electron chi connectivity index (χ1n) is 9.04. The molecule has 0 saturated heterocycles. The maximum atomic E-state index is 12.5. The second kappa shape index (κ2) is 8.15. The zero-order valence-electron chi connectivity index (χ0n) is 15.6. The maximum Gasteiger partial charge on any atom is 0.324 e. The third-order valence-electron chi connectivity index (χ3n) is 4.58. The number of nitrogens with zero attached hydrogens (tertiary/aromatic N) is 2. The minimum absolute atomic E-state index is 0.347. The zero-order chi connectivity index (χ0) is 20.4. The predicted octanol–water partition coefficient (Wildman–Crippen LogP) is 6.34. The van der Waals surface area contributed by atoms with Crippen molar-refractivity contribution in [2.24, 2.45) is 0 Å². The third kappa shape index (κ3) is 4.36. The quantitative estimate of drug-likeness (QED) is 0.401. The number of aryl methyl sites for hydroxylation is 1. The molecule has 0 aliphatic rings. The minimum atomic E-state index is -0.347. The number of benzene rings is 3. The fourth-order valence-electron chi connectivity index (χ4n) is 3.15. The van der Waals surface area contributed by atoms with Crippen molar-refractivity contribution in [1.29, 1.82) is 0 Å². The Bertz CT molecular complexity index is 1200. The molecule has 146 valence electrons. The van der Waals surface area contributed by atoms with Crippen LogP contribution in [0, 0.1) is 6.92 Å². The van der Waals surface area contributed by atoms with Gasteiger partial charge in [0.2, 0.25) is 0 Å². The molecule has 0 fully saturated rings. The van der Waals surface area contributed by atoms with E-state index in [0.29, 0.717) is 22.4 Å². The lowest BCUT2D eigenvalue weighted by Gasteiger charge is -2.09. The Kier molecular flexibility index (Phi) is 5.43. The van der Waals surface area contributed by atoms with Gasteiger partial charge >= 0.3 is 6.03 Å². The first kappa shape index (κ1) is 19.3. The van der Waals surface area contributed by atoms with Crippen LogP contribution >= 0.6 is 23.2 Å². The number of nitrogens with one attached hydrogen (secondary N) is 2. The summed E-state index contributed by atoms with van der Waals surface area (Å²) in [4.78, 5) is 12.5. The van der Waals surface area contributed by atoms with Crippen molar-refractivity contribution < 1.29 is 4.79 Å². The number of amides is 2. The molecule has 4 rings (SSSR count). The summed E-state index contributed by atoms with van der Waals surface area (Å²) in [6, 6.07) is 20.6. The lowest BCUT2D eigenvalue weighted by molar-refractivity contribution is 0.262. The van der Waals surface area contributed by atoms with E-state index in [4.69, 9.17) is 23.2 Å². The van der Waals surface area contributed by atoms with Crippen LogP contribution in [0.5, 0.6) is 0 Å². The van der Waals surface area contributed by atoms with Gasteiger partial charge in [-0.3, -0.25) is 10.00 Å². The van der Waals surface area contributed by atoms with E-state index < -0.39 is 0 Å². The van der Waals surface area contributed by atoms with Crippen LogP contribution in [0.1, 0.15) is 11.3 Å². The molecular weight excluding hydrogens is 407 g/mol. The van der Waals surface area contributed by atoms with Crippen molar-refractivity contribution in [3.63, 3.8) is 0 Å². The van der Waals surface area contributed by atoms with E-state index in [1.807, 2.05) is 67.6 Å². The average molecular weight is 425 g/mol. The summed E-state index contributed by atoms with van der Waals surface area (Å²) < 4.78 is 1.80. The van der Waals surface area contributed by atoms with Crippen LogP contribution in [0.15, 0.2) is 66.7 Å². The lowest BCUT2D eigenvalue weighted by Crippen LogP contribution is -2.20. The van der Waals surface area contributed by atoms with Crippen molar-refractivity contribution in [3.05, 3.63) is 88.0 Å². The zero-order valence-corrected chi connectivity index (χ0v) is 17.1. The summed E-state index contributed by atoms with van der Waals surface area (Å²) in [6.07, 6.45) is 0. The number of carbonyl (C=O) groups is 1. The summed E-state index contributed by atoms with van der Waals surface area (Å²) in [6.45, 7) is 2.45. The van der Waals surface area contributed by atoms with Crippen LogP contribution in [0.4, 0.5) is 16.3 Å². The van der Waals surface area contributed by atoms with Crippen molar-refractivity contribution in [3.8, 4) is 0 Å². The Morgan fingerprint density at radius 2 is 1.76 bits per heavy atom. The lowest BCUT2D eigenvalue weighted by atomic mass is 10.1. The number of anilines is 2. The number of hydrogen-bond donors (Lipinski definition) is 2. The molecule has 2 N–H and O–H groups in total. The molecule has 4 aromatic rings. The topological polar surface area (TPSA) is 59.0 Å². The normalized spacial score (nSPS) is 10.9. The van der Waals surface area contributed by atoms with Gasteiger partial charge in [0.05, 0.1) is 22.3 Å². The van der Waals surface area contributed by atoms with Crippen LogP contribution in [0.3, 0.4) is 0 Å². The van der Waals surface area contributed by atoms with Crippen molar-refractivity contribution in [2.45, 2.75) is 13.5 Å². The highest BCUT2D eigenvalue weighted by molar-refractivity contribution is 6.42. The molecule has 2 amide bonds. The van der Waals surface area contributed by atoms with E-state index in [1.54, 1.807) is 10.7 Å². The van der Waals surface area contributed by atoms with E-state index in [0.717, 1.165) is 27.7 Å².